The molecule has 1 atom stereocenters. The van der Waals surface area contributed by atoms with Crippen molar-refractivity contribution in [1.29, 1.82) is 0 Å². The third-order valence-corrected chi connectivity index (χ3v) is 6.30. The molecule has 2 nitrogen and oxygen atoms in total. The average Bonchev–Trinajstić information content (AvgIpc) is 3.10. The van der Waals surface area contributed by atoms with Gasteiger partial charge in [-0.25, -0.2) is 0 Å². The van der Waals surface area contributed by atoms with E-state index in [1.54, 1.807) is 0 Å². The summed E-state index contributed by atoms with van der Waals surface area (Å²) in [5.74, 6) is 1.65. The van der Waals surface area contributed by atoms with E-state index in [1.807, 2.05) is 28.8 Å². The van der Waals surface area contributed by atoms with Crippen LogP contribution in [-0.2, 0) is 5.41 Å². The molecule has 0 N–H and O–H groups in total. The van der Waals surface area contributed by atoms with E-state index in [4.69, 9.17) is 0 Å². The van der Waals surface area contributed by atoms with Gasteiger partial charge in [0.05, 0.1) is 0 Å². The van der Waals surface area contributed by atoms with Crippen LogP contribution in [0.4, 0.5) is 0 Å². The molecule has 0 saturated carbocycles. The van der Waals surface area contributed by atoms with Crippen molar-refractivity contribution in [1.82, 2.24) is 4.90 Å². The summed E-state index contributed by atoms with van der Waals surface area (Å²) in [5.41, 5.74) is 4.70. The van der Waals surface area contributed by atoms with Gasteiger partial charge in [-0.3, -0.25) is 4.79 Å². The van der Waals surface area contributed by atoms with Gasteiger partial charge in [0.1, 0.15) is 5.37 Å². The van der Waals surface area contributed by atoms with Gasteiger partial charge in [0.15, 0.2) is 0 Å². The van der Waals surface area contributed by atoms with E-state index in [9.17, 15) is 4.79 Å². The minimum absolute atomic E-state index is 0.103. The molecular formula is C23H29NOS. The Balaban J connectivity index is 1.80. The summed E-state index contributed by atoms with van der Waals surface area (Å²) in [6.45, 7) is 11.8. The van der Waals surface area contributed by atoms with Crippen molar-refractivity contribution in [3.8, 4) is 0 Å². The van der Waals surface area contributed by atoms with Gasteiger partial charge in [-0.1, -0.05) is 71.0 Å². The molecule has 1 aliphatic heterocycles. The topological polar surface area (TPSA) is 20.3 Å². The van der Waals surface area contributed by atoms with Crippen LogP contribution in [0.3, 0.4) is 0 Å². The molecule has 0 spiro atoms. The Labute approximate surface area is 162 Å². The summed E-state index contributed by atoms with van der Waals surface area (Å²) >= 11 is 1.85. The number of benzene rings is 2. The zero-order chi connectivity index (χ0) is 18.9. The Bertz CT molecular complexity index is 756. The Morgan fingerprint density at radius 3 is 2.19 bits per heavy atom. The molecule has 26 heavy (non-hydrogen) atoms. The molecule has 1 amide bonds. The van der Waals surface area contributed by atoms with Crippen LogP contribution in [0.25, 0.3) is 0 Å². The SMILES string of the molecule is CC(C)c1ccc(C2SCCN2C(=O)c2ccc(C(C)(C)C)cc2)cc1. The third-order valence-electron chi connectivity index (χ3n) is 5.04. The van der Waals surface area contributed by atoms with Crippen molar-refractivity contribution in [3.63, 3.8) is 0 Å². The summed E-state index contributed by atoms with van der Waals surface area (Å²) in [6, 6.07) is 16.9. The minimum Gasteiger partial charge on any atom is -0.322 e. The van der Waals surface area contributed by atoms with Gasteiger partial charge in [0, 0.05) is 17.9 Å². The maximum absolute atomic E-state index is 13.1. The van der Waals surface area contributed by atoms with Crippen LogP contribution in [0.1, 0.15) is 73.0 Å². The van der Waals surface area contributed by atoms with E-state index in [0.717, 1.165) is 17.9 Å². The molecule has 1 aliphatic rings. The van der Waals surface area contributed by atoms with Gasteiger partial charge in [-0.2, -0.15) is 0 Å². The second-order valence-corrected chi connectivity index (χ2v) is 9.56. The van der Waals surface area contributed by atoms with Crippen LogP contribution in [0.15, 0.2) is 48.5 Å². The van der Waals surface area contributed by atoms with Crippen LogP contribution in [0.5, 0.6) is 0 Å². The molecule has 2 aromatic carbocycles. The number of thioether (sulfide) groups is 1. The molecule has 138 valence electrons. The van der Waals surface area contributed by atoms with Gasteiger partial charge in [0.25, 0.3) is 5.91 Å². The predicted molar refractivity (Wildman–Crippen MR) is 112 cm³/mol. The standard InChI is InChI=1S/C23H29NOS/c1-16(2)17-6-8-19(9-7-17)22-24(14-15-26-22)21(25)18-10-12-20(13-11-18)23(3,4)5/h6-13,16,22H,14-15H2,1-5H3. The molecule has 1 heterocycles. The van der Waals surface area contributed by atoms with Gasteiger partial charge >= 0.3 is 0 Å². The lowest BCUT2D eigenvalue weighted by Gasteiger charge is -2.25. The largest absolute Gasteiger partial charge is 0.322 e. The van der Waals surface area contributed by atoms with Gasteiger partial charge in [-0.05, 0) is 40.2 Å². The van der Waals surface area contributed by atoms with Gasteiger partial charge in [-0.15, -0.1) is 11.8 Å². The summed E-state index contributed by atoms with van der Waals surface area (Å²) < 4.78 is 0. The van der Waals surface area contributed by atoms with Crippen molar-refractivity contribution in [2.75, 3.05) is 12.3 Å². The summed E-state index contributed by atoms with van der Waals surface area (Å²) in [4.78, 5) is 15.1. The fourth-order valence-electron chi connectivity index (χ4n) is 3.28. The lowest BCUT2D eigenvalue weighted by Crippen LogP contribution is -2.30. The number of carbonyl (C=O) groups excluding carboxylic acids is 1. The molecular weight excluding hydrogens is 338 g/mol. The number of amides is 1. The number of hydrogen-bond donors (Lipinski definition) is 0. The summed E-state index contributed by atoms with van der Waals surface area (Å²) in [7, 11) is 0. The van der Waals surface area contributed by atoms with Crippen LogP contribution >= 0.6 is 11.8 Å². The van der Waals surface area contributed by atoms with E-state index < -0.39 is 0 Å². The van der Waals surface area contributed by atoms with E-state index in [0.29, 0.717) is 5.92 Å². The first-order chi connectivity index (χ1) is 12.3. The van der Waals surface area contributed by atoms with Gasteiger partial charge < -0.3 is 4.90 Å². The number of nitrogens with zero attached hydrogens (tertiary/aromatic N) is 1. The first-order valence-corrected chi connectivity index (χ1v) is 10.5. The highest BCUT2D eigenvalue weighted by Gasteiger charge is 2.31. The number of hydrogen-bond acceptors (Lipinski definition) is 2. The Hall–Kier alpha value is -1.74. The monoisotopic (exact) mass is 367 g/mol. The van der Waals surface area contributed by atoms with Crippen LogP contribution < -0.4 is 0 Å². The van der Waals surface area contributed by atoms with Crippen LogP contribution in [0.2, 0.25) is 0 Å². The molecule has 0 radical (unpaired) electrons. The quantitative estimate of drug-likeness (QED) is 0.663. The predicted octanol–water partition coefficient (Wildman–Crippen LogP) is 6.00. The molecule has 0 aromatic heterocycles. The molecule has 3 rings (SSSR count). The van der Waals surface area contributed by atoms with E-state index >= 15 is 0 Å². The fraction of sp³-hybridized carbons (Fsp3) is 0.435. The maximum Gasteiger partial charge on any atom is 0.255 e. The zero-order valence-corrected chi connectivity index (χ0v) is 17.3. The highest BCUT2D eigenvalue weighted by molar-refractivity contribution is 7.99. The summed E-state index contributed by atoms with van der Waals surface area (Å²) in [5, 5.41) is 0.117. The second-order valence-electron chi connectivity index (χ2n) is 8.37. The molecule has 1 fully saturated rings. The van der Waals surface area contributed by atoms with Crippen molar-refractivity contribution < 1.29 is 4.79 Å². The molecule has 0 aliphatic carbocycles. The highest BCUT2D eigenvalue weighted by atomic mass is 32.2. The Morgan fingerprint density at radius 1 is 1.04 bits per heavy atom. The van der Waals surface area contributed by atoms with E-state index in [1.165, 1.54) is 16.7 Å². The minimum atomic E-state index is 0.103. The molecule has 1 unspecified atom stereocenters. The molecule has 2 aromatic rings. The highest BCUT2D eigenvalue weighted by Crippen LogP contribution is 2.39. The van der Waals surface area contributed by atoms with Crippen molar-refractivity contribution in [2.24, 2.45) is 0 Å². The number of carbonyl (C=O) groups is 1. The lowest BCUT2D eigenvalue weighted by atomic mass is 9.86. The van der Waals surface area contributed by atoms with Crippen LogP contribution in [0, 0.1) is 0 Å². The van der Waals surface area contributed by atoms with E-state index in [-0.39, 0.29) is 16.7 Å². The summed E-state index contributed by atoms with van der Waals surface area (Å²) in [6.07, 6.45) is 0. The zero-order valence-electron chi connectivity index (χ0n) is 16.5. The smallest absolute Gasteiger partial charge is 0.255 e. The Kier molecular flexibility index (Phi) is 5.47. The van der Waals surface area contributed by atoms with Crippen molar-refractivity contribution in [3.05, 3.63) is 70.8 Å². The normalized spacial score (nSPS) is 17.8. The maximum atomic E-state index is 13.1. The van der Waals surface area contributed by atoms with Crippen molar-refractivity contribution in [2.45, 2.75) is 51.3 Å². The average molecular weight is 368 g/mol. The Morgan fingerprint density at radius 2 is 1.65 bits per heavy atom. The lowest BCUT2D eigenvalue weighted by molar-refractivity contribution is 0.0760. The molecule has 0 bridgehead atoms. The molecule has 3 heteroatoms. The van der Waals surface area contributed by atoms with E-state index in [2.05, 4.69) is 71.0 Å². The van der Waals surface area contributed by atoms with Gasteiger partial charge in [0.2, 0.25) is 0 Å². The number of rotatable bonds is 3. The third kappa shape index (κ3) is 3.98. The second kappa shape index (κ2) is 7.48. The first-order valence-electron chi connectivity index (χ1n) is 9.40. The molecule has 1 saturated heterocycles. The van der Waals surface area contributed by atoms with Crippen LogP contribution in [-0.4, -0.2) is 23.1 Å². The van der Waals surface area contributed by atoms with Crippen molar-refractivity contribution >= 4 is 17.7 Å². The first kappa shape index (κ1) is 19.0. The fourth-order valence-corrected chi connectivity index (χ4v) is 4.53.